The lowest BCUT2D eigenvalue weighted by molar-refractivity contribution is 0.0998. The van der Waals surface area contributed by atoms with E-state index in [0.717, 1.165) is 36.9 Å². The van der Waals surface area contributed by atoms with Gasteiger partial charge in [-0.25, -0.2) is 0 Å². The number of hydrogen-bond acceptors (Lipinski definition) is 7. The van der Waals surface area contributed by atoms with Gasteiger partial charge in [0.25, 0.3) is 5.91 Å². The van der Waals surface area contributed by atoms with Crippen LogP contribution in [0.15, 0.2) is 48.5 Å². The molecular weight excluding hydrogens is 440 g/mol. The second-order valence-electron chi connectivity index (χ2n) is 8.17. The maximum atomic E-state index is 12.5. The van der Waals surface area contributed by atoms with Gasteiger partial charge in [0.05, 0.1) is 5.02 Å². The molecule has 33 heavy (non-hydrogen) atoms. The Balaban J connectivity index is 1.78. The number of nitrogens with zero attached hydrogens (tertiary/aromatic N) is 2. The zero-order valence-corrected chi connectivity index (χ0v) is 19.1. The summed E-state index contributed by atoms with van der Waals surface area (Å²) in [4.78, 5) is 21.5. The number of hydrogen-bond donors (Lipinski definition) is 4. The standard InChI is InChI=1S/C24H27ClN6O2/c1-14-7-6-8-15(13-14)28-22-20(21(27)32)23(33-19-12-5-2-9-16(19)25)31-24(30-22)29-18-11-4-3-10-17(18)26/h2,5-9,12-13,17-18H,3-4,10-11,26H2,1H3,(H2,27,32)(H2,28,29,30,31)/t17-,18+/m0/s1. The Morgan fingerprint density at radius 2 is 1.91 bits per heavy atom. The molecule has 2 atom stereocenters. The van der Waals surface area contributed by atoms with Gasteiger partial charge in [0.15, 0.2) is 5.82 Å². The lowest BCUT2D eigenvalue weighted by atomic mass is 9.91. The average molecular weight is 467 g/mol. The highest BCUT2D eigenvalue weighted by Crippen LogP contribution is 2.34. The van der Waals surface area contributed by atoms with E-state index < -0.39 is 5.91 Å². The van der Waals surface area contributed by atoms with Crippen molar-refractivity contribution in [2.24, 2.45) is 11.5 Å². The van der Waals surface area contributed by atoms with Gasteiger partial charge in [-0.15, -0.1) is 0 Å². The van der Waals surface area contributed by atoms with Crippen LogP contribution in [0.3, 0.4) is 0 Å². The fourth-order valence-electron chi connectivity index (χ4n) is 3.89. The zero-order chi connectivity index (χ0) is 23.4. The van der Waals surface area contributed by atoms with E-state index in [1.807, 2.05) is 31.2 Å². The van der Waals surface area contributed by atoms with Crippen molar-refractivity contribution in [3.8, 4) is 11.6 Å². The van der Waals surface area contributed by atoms with Crippen LogP contribution < -0.4 is 26.8 Å². The molecule has 0 radical (unpaired) electrons. The van der Waals surface area contributed by atoms with E-state index >= 15 is 0 Å². The molecule has 172 valence electrons. The Hall–Kier alpha value is -3.36. The summed E-state index contributed by atoms with van der Waals surface area (Å²) in [6.45, 7) is 1.98. The van der Waals surface area contributed by atoms with E-state index in [0.29, 0.717) is 16.7 Å². The molecule has 0 unspecified atom stereocenters. The van der Waals surface area contributed by atoms with Crippen LogP contribution in [0.5, 0.6) is 11.6 Å². The highest BCUT2D eigenvalue weighted by Gasteiger charge is 2.26. The first-order valence-corrected chi connectivity index (χ1v) is 11.3. The van der Waals surface area contributed by atoms with Gasteiger partial charge >= 0.3 is 0 Å². The van der Waals surface area contributed by atoms with E-state index in [1.165, 1.54) is 0 Å². The Kier molecular flexibility index (Phi) is 6.96. The zero-order valence-electron chi connectivity index (χ0n) is 18.3. The van der Waals surface area contributed by atoms with Gasteiger partial charge in [0.1, 0.15) is 11.3 Å². The van der Waals surface area contributed by atoms with Gasteiger partial charge < -0.3 is 26.8 Å². The number of aryl methyl sites for hydroxylation is 1. The Labute approximate surface area is 197 Å². The topological polar surface area (TPSA) is 128 Å². The van der Waals surface area contributed by atoms with Gasteiger partial charge in [0, 0.05) is 17.8 Å². The SMILES string of the molecule is Cc1cccc(Nc2nc(N[C@@H]3CCCC[C@@H]3N)nc(Oc3ccccc3Cl)c2C(N)=O)c1. The van der Waals surface area contributed by atoms with Crippen molar-refractivity contribution in [2.45, 2.75) is 44.7 Å². The molecular formula is C24H27ClN6O2. The van der Waals surface area contributed by atoms with Crippen molar-refractivity contribution in [1.82, 2.24) is 9.97 Å². The molecule has 6 N–H and O–H groups in total. The predicted octanol–water partition coefficient (Wildman–Crippen LogP) is 4.76. The molecule has 4 rings (SSSR count). The van der Waals surface area contributed by atoms with Gasteiger partial charge in [-0.05, 0) is 49.6 Å². The van der Waals surface area contributed by atoms with Crippen LogP contribution in [-0.2, 0) is 0 Å². The normalized spacial score (nSPS) is 17.9. The number of benzene rings is 2. The number of carbonyl (C=O) groups excluding carboxylic acids is 1. The van der Waals surface area contributed by atoms with E-state index in [-0.39, 0.29) is 29.3 Å². The Morgan fingerprint density at radius 3 is 2.64 bits per heavy atom. The monoisotopic (exact) mass is 466 g/mol. The summed E-state index contributed by atoms with van der Waals surface area (Å²) in [5, 5.41) is 6.89. The molecule has 1 aliphatic rings. The quantitative estimate of drug-likeness (QED) is 0.395. The number of primary amides is 1. The maximum Gasteiger partial charge on any atom is 0.258 e. The molecule has 8 nitrogen and oxygen atoms in total. The molecule has 2 aromatic carbocycles. The lowest BCUT2D eigenvalue weighted by Crippen LogP contribution is -2.43. The summed E-state index contributed by atoms with van der Waals surface area (Å²) < 4.78 is 5.97. The summed E-state index contributed by atoms with van der Waals surface area (Å²) in [5.41, 5.74) is 13.9. The number of ether oxygens (including phenoxy) is 1. The maximum absolute atomic E-state index is 12.5. The van der Waals surface area contributed by atoms with Gasteiger partial charge in [0.2, 0.25) is 11.8 Å². The molecule has 1 aliphatic carbocycles. The van der Waals surface area contributed by atoms with Gasteiger partial charge in [-0.3, -0.25) is 4.79 Å². The smallest absolute Gasteiger partial charge is 0.258 e. The largest absolute Gasteiger partial charge is 0.436 e. The molecule has 0 aliphatic heterocycles. The molecule has 0 spiro atoms. The number of carbonyl (C=O) groups is 1. The first-order valence-electron chi connectivity index (χ1n) is 10.9. The molecule has 3 aromatic rings. The first kappa shape index (κ1) is 22.8. The van der Waals surface area contributed by atoms with Crippen molar-refractivity contribution in [1.29, 1.82) is 0 Å². The molecule has 0 bridgehead atoms. The van der Waals surface area contributed by atoms with Crippen molar-refractivity contribution in [2.75, 3.05) is 10.6 Å². The molecule has 1 saturated carbocycles. The van der Waals surface area contributed by atoms with Crippen LogP contribution in [-0.4, -0.2) is 28.0 Å². The van der Waals surface area contributed by atoms with Crippen LogP contribution in [0.1, 0.15) is 41.6 Å². The number of halogens is 1. The fourth-order valence-corrected chi connectivity index (χ4v) is 4.06. The predicted molar refractivity (Wildman–Crippen MR) is 130 cm³/mol. The summed E-state index contributed by atoms with van der Waals surface area (Å²) in [6, 6.07) is 14.6. The number of aromatic nitrogens is 2. The number of nitrogens with one attached hydrogen (secondary N) is 2. The van der Waals surface area contributed by atoms with Gasteiger partial charge in [-0.1, -0.05) is 48.7 Å². The van der Waals surface area contributed by atoms with Crippen molar-refractivity contribution in [3.05, 3.63) is 64.7 Å². The average Bonchev–Trinajstić information content (AvgIpc) is 2.77. The second kappa shape index (κ2) is 10.1. The molecule has 1 aromatic heterocycles. The summed E-state index contributed by atoms with van der Waals surface area (Å²) in [7, 11) is 0. The van der Waals surface area contributed by atoms with Crippen LogP contribution in [0, 0.1) is 6.92 Å². The highest BCUT2D eigenvalue weighted by molar-refractivity contribution is 6.32. The number of amides is 1. The lowest BCUT2D eigenvalue weighted by Gasteiger charge is -2.29. The van der Waals surface area contributed by atoms with E-state index in [4.69, 9.17) is 27.8 Å². The Morgan fingerprint density at radius 1 is 1.12 bits per heavy atom. The molecule has 1 amide bonds. The summed E-state index contributed by atoms with van der Waals surface area (Å²) >= 11 is 6.28. The molecule has 0 saturated heterocycles. The first-order chi connectivity index (χ1) is 15.9. The molecule has 9 heteroatoms. The second-order valence-corrected chi connectivity index (χ2v) is 8.57. The molecule has 1 fully saturated rings. The van der Waals surface area contributed by atoms with E-state index in [9.17, 15) is 4.79 Å². The summed E-state index contributed by atoms with van der Waals surface area (Å²) in [5.74, 6) is 0.152. The fraction of sp³-hybridized carbons (Fsp3) is 0.292. The number of anilines is 3. The van der Waals surface area contributed by atoms with E-state index in [1.54, 1.807) is 24.3 Å². The van der Waals surface area contributed by atoms with Crippen LogP contribution in [0.2, 0.25) is 5.02 Å². The van der Waals surface area contributed by atoms with Crippen molar-refractivity contribution in [3.63, 3.8) is 0 Å². The third-order valence-electron chi connectivity index (χ3n) is 5.58. The third-order valence-corrected chi connectivity index (χ3v) is 5.89. The van der Waals surface area contributed by atoms with E-state index in [2.05, 4.69) is 20.6 Å². The minimum atomic E-state index is -0.729. The number of para-hydroxylation sites is 1. The van der Waals surface area contributed by atoms with Crippen molar-refractivity contribution >= 4 is 35.0 Å². The van der Waals surface area contributed by atoms with Crippen molar-refractivity contribution < 1.29 is 9.53 Å². The third kappa shape index (κ3) is 5.53. The molecule has 1 heterocycles. The highest BCUT2D eigenvalue weighted by atomic mass is 35.5. The Bertz CT molecular complexity index is 1160. The number of nitrogens with two attached hydrogens (primary N) is 2. The van der Waals surface area contributed by atoms with Crippen LogP contribution in [0.4, 0.5) is 17.5 Å². The van der Waals surface area contributed by atoms with Crippen LogP contribution >= 0.6 is 11.6 Å². The minimum absolute atomic E-state index is 0.00707. The van der Waals surface area contributed by atoms with Crippen LogP contribution in [0.25, 0.3) is 0 Å². The van der Waals surface area contributed by atoms with Gasteiger partial charge in [-0.2, -0.15) is 9.97 Å². The summed E-state index contributed by atoms with van der Waals surface area (Å²) in [6.07, 6.45) is 4.00. The minimum Gasteiger partial charge on any atom is -0.436 e. The number of rotatable bonds is 7.